The number of fused-ring (bicyclic) bond motifs is 2. The SMILES string of the molecule is CC(C)C1(C(C)C)C2CCCC1C2. The highest BCUT2D eigenvalue weighted by Crippen LogP contribution is 2.66. The summed E-state index contributed by atoms with van der Waals surface area (Å²) in [6.45, 7) is 9.80. The molecule has 0 aromatic rings. The van der Waals surface area contributed by atoms with Crippen molar-refractivity contribution in [3.63, 3.8) is 0 Å². The molecule has 2 unspecified atom stereocenters. The van der Waals surface area contributed by atoms with Gasteiger partial charge >= 0.3 is 0 Å². The molecular formula is C13H24. The third-order valence-electron chi connectivity index (χ3n) is 5.09. The fourth-order valence-corrected chi connectivity index (χ4v) is 4.82. The lowest BCUT2D eigenvalue weighted by Gasteiger charge is -2.65. The molecule has 3 fully saturated rings. The van der Waals surface area contributed by atoms with Gasteiger partial charge in [-0.05, 0) is 48.3 Å². The molecule has 2 atom stereocenters. The van der Waals surface area contributed by atoms with E-state index >= 15 is 0 Å². The van der Waals surface area contributed by atoms with Gasteiger partial charge in [0.1, 0.15) is 0 Å². The van der Waals surface area contributed by atoms with Crippen LogP contribution >= 0.6 is 0 Å². The zero-order valence-electron chi connectivity index (χ0n) is 9.64. The zero-order chi connectivity index (χ0) is 9.64. The van der Waals surface area contributed by atoms with Gasteiger partial charge in [-0.3, -0.25) is 0 Å². The van der Waals surface area contributed by atoms with E-state index in [0.717, 1.165) is 29.1 Å². The highest BCUT2D eigenvalue weighted by Gasteiger charge is 2.58. The average molecular weight is 180 g/mol. The number of hydrogen-bond acceptors (Lipinski definition) is 0. The minimum absolute atomic E-state index is 0.734. The largest absolute Gasteiger partial charge is 0.0622 e. The maximum absolute atomic E-state index is 2.45. The Hall–Kier alpha value is 0. The van der Waals surface area contributed by atoms with E-state index < -0.39 is 0 Å². The summed E-state index contributed by atoms with van der Waals surface area (Å²) in [4.78, 5) is 0. The summed E-state index contributed by atoms with van der Waals surface area (Å²) in [6, 6.07) is 0. The average Bonchev–Trinajstić information content (AvgIpc) is 2.04. The van der Waals surface area contributed by atoms with Gasteiger partial charge in [0.25, 0.3) is 0 Å². The highest BCUT2D eigenvalue weighted by atomic mass is 14.6. The Kier molecular flexibility index (Phi) is 2.20. The Morgan fingerprint density at radius 1 is 0.923 bits per heavy atom. The second-order valence-corrected chi connectivity index (χ2v) is 5.87. The van der Waals surface area contributed by atoms with E-state index in [-0.39, 0.29) is 0 Å². The molecule has 0 radical (unpaired) electrons. The van der Waals surface area contributed by atoms with Crippen molar-refractivity contribution in [2.24, 2.45) is 29.1 Å². The lowest BCUT2D eigenvalue weighted by Crippen LogP contribution is -2.58. The minimum Gasteiger partial charge on any atom is -0.0622 e. The Balaban J connectivity index is 2.24. The molecule has 0 nitrogen and oxygen atoms in total. The summed E-state index contributed by atoms with van der Waals surface area (Å²) < 4.78 is 0. The van der Waals surface area contributed by atoms with Crippen LogP contribution in [0.2, 0.25) is 0 Å². The topological polar surface area (TPSA) is 0 Å². The van der Waals surface area contributed by atoms with Gasteiger partial charge in [0, 0.05) is 0 Å². The molecule has 0 spiro atoms. The molecule has 3 aliphatic rings. The zero-order valence-corrected chi connectivity index (χ0v) is 9.64. The van der Waals surface area contributed by atoms with Gasteiger partial charge in [-0.15, -0.1) is 0 Å². The van der Waals surface area contributed by atoms with Crippen LogP contribution < -0.4 is 0 Å². The molecule has 0 amide bonds. The molecular weight excluding hydrogens is 156 g/mol. The Bertz CT molecular complexity index is 166. The first-order valence-corrected chi connectivity index (χ1v) is 6.10. The summed E-state index contributed by atoms with van der Waals surface area (Å²) in [5, 5.41) is 0. The number of hydrogen-bond donors (Lipinski definition) is 0. The van der Waals surface area contributed by atoms with E-state index in [9.17, 15) is 0 Å². The van der Waals surface area contributed by atoms with E-state index in [1.807, 2.05) is 0 Å². The van der Waals surface area contributed by atoms with E-state index in [0.29, 0.717) is 0 Å². The fourth-order valence-electron chi connectivity index (χ4n) is 4.82. The first kappa shape index (κ1) is 9.55. The third-order valence-corrected chi connectivity index (χ3v) is 5.09. The molecule has 0 aliphatic heterocycles. The van der Waals surface area contributed by atoms with Crippen LogP contribution in [0, 0.1) is 29.1 Å². The van der Waals surface area contributed by atoms with Crippen LogP contribution in [0.15, 0.2) is 0 Å². The van der Waals surface area contributed by atoms with Gasteiger partial charge in [0.15, 0.2) is 0 Å². The molecule has 0 N–H and O–H groups in total. The molecule has 3 rings (SSSR count). The van der Waals surface area contributed by atoms with Gasteiger partial charge in [0.2, 0.25) is 0 Å². The van der Waals surface area contributed by atoms with E-state index in [1.165, 1.54) is 19.3 Å². The Labute approximate surface area is 83.1 Å². The third kappa shape index (κ3) is 1.04. The van der Waals surface area contributed by atoms with Crippen molar-refractivity contribution in [1.82, 2.24) is 0 Å². The summed E-state index contributed by atoms with van der Waals surface area (Å²) >= 11 is 0. The molecule has 76 valence electrons. The van der Waals surface area contributed by atoms with E-state index in [4.69, 9.17) is 0 Å². The number of rotatable bonds is 2. The molecule has 0 aromatic heterocycles. The first-order chi connectivity index (χ1) is 6.10. The molecule has 0 aromatic carbocycles. The quantitative estimate of drug-likeness (QED) is 0.600. The monoisotopic (exact) mass is 180 g/mol. The molecule has 13 heavy (non-hydrogen) atoms. The van der Waals surface area contributed by atoms with Gasteiger partial charge in [-0.1, -0.05) is 34.1 Å². The molecule has 0 saturated heterocycles. The minimum atomic E-state index is 0.734. The Morgan fingerprint density at radius 2 is 1.38 bits per heavy atom. The molecule has 0 heterocycles. The molecule has 3 aliphatic carbocycles. The summed E-state index contributed by atoms with van der Waals surface area (Å²) in [7, 11) is 0. The van der Waals surface area contributed by atoms with E-state index in [1.54, 1.807) is 6.42 Å². The van der Waals surface area contributed by atoms with Crippen molar-refractivity contribution in [2.75, 3.05) is 0 Å². The second kappa shape index (κ2) is 3.00. The second-order valence-electron chi connectivity index (χ2n) is 5.87. The van der Waals surface area contributed by atoms with Crippen LogP contribution in [-0.4, -0.2) is 0 Å². The van der Waals surface area contributed by atoms with Crippen molar-refractivity contribution in [3.05, 3.63) is 0 Å². The lowest BCUT2D eigenvalue weighted by atomic mass is 9.40. The maximum atomic E-state index is 2.45. The molecule has 2 bridgehead atoms. The molecule has 0 heteroatoms. The van der Waals surface area contributed by atoms with Crippen LogP contribution in [0.3, 0.4) is 0 Å². The van der Waals surface area contributed by atoms with Gasteiger partial charge in [-0.2, -0.15) is 0 Å². The van der Waals surface area contributed by atoms with Gasteiger partial charge in [0.05, 0.1) is 0 Å². The van der Waals surface area contributed by atoms with Crippen LogP contribution in [-0.2, 0) is 0 Å². The smallest absolute Gasteiger partial charge is 0.0195 e. The van der Waals surface area contributed by atoms with Gasteiger partial charge in [-0.25, -0.2) is 0 Å². The van der Waals surface area contributed by atoms with Crippen LogP contribution in [0.1, 0.15) is 53.4 Å². The predicted octanol–water partition coefficient (Wildman–Crippen LogP) is 4.10. The fraction of sp³-hybridized carbons (Fsp3) is 1.00. The summed E-state index contributed by atoms with van der Waals surface area (Å²) in [5.41, 5.74) is 0.734. The van der Waals surface area contributed by atoms with Crippen molar-refractivity contribution in [1.29, 1.82) is 0 Å². The first-order valence-electron chi connectivity index (χ1n) is 6.10. The maximum Gasteiger partial charge on any atom is -0.0195 e. The van der Waals surface area contributed by atoms with Crippen molar-refractivity contribution >= 4 is 0 Å². The van der Waals surface area contributed by atoms with Crippen molar-refractivity contribution in [3.8, 4) is 0 Å². The molecule has 3 saturated carbocycles. The summed E-state index contributed by atoms with van der Waals surface area (Å²) in [6.07, 6.45) is 6.10. The standard InChI is InChI=1S/C13H24/c1-9(2)13(10(3)4)11-6-5-7-12(13)8-11/h9-12H,5-8H2,1-4H3. The van der Waals surface area contributed by atoms with Crippen LogP contribution in [0.4, 0.5) is 0 Å². The van der Waals surface area contributed by atoms with Crippen LogP contribution in [0.5, 0.6) is 0 Å². The Morgan fingerprint density at radius 3 is 1.62 bits per heavy atom. The predicted molar refractivity (Wildman–Crippen MR) is 57.6 cm³/mol. The van der Waals surface area contributed by atoms with E-state index in [2.05, 4.69) is 27.7 Å². The van der Waals surface area contributed by atoms with Crippen molar-refractivity contribution < 1.29 is 0 Å². The lowest BCUT2D eigenvalue weighted by molar-refractivity contribution is -0.161. The highest BCUT2D eigenvalue weighted by molar-refractivity contribution is 5.07. The normalized spacial score (nSPS) is 36.5. The van der Waals surface area contributed by atoms with Gasteiger partial charge < -0.3 is 0 Å². The van der Waals surface area contributed by atoms with Crippen LogP contribution in [0.25, 0.3) is 0 Å². The van der Waals surface area contributed by atoms with Crippen molar-refractivity contribution in [2.45, 2.75) is 53.4 Å². The summed E-state index contributed by atoms with van der Waals surface area (Å²) in [5.74, 6) is 3.95.